The van der Waals surface area contributed by atoms with Crippen LogP contribution in [0.15, 0.2) is 0 Å². The second-order valence-corrected chi connectivity index (χ2v) is 10.2. The minimum atomic E-state index is -3.43. The molecule has 3 atom stereocenters. The Bertz CT molecular complexity index is 810. The van der Waals surface area contributed by atoms with Crippen molar-refractivity contribution in [2.45, 2.75) is 55.9 Å². The first kappa shape index (κ1) is 19.6. The Balaban J connectivity index is 1.51. The van der Waals surface area contributed by atoms with E-state index in [0.29, 0.717) is 6.42 Å². The first-order valence-electron chi connectivity index (χ1n) is 9.63. The fourth-order valence-electron chi connectivity index (χ4n) is 4.12. The molecule has 4 aliphatic rings. The molecule has 2 saturated carbocycles. The van der Waals surface area contributed by atoms with E-state index in [9.17, 15) is 27.2 Å². The highest BCUT2D eigenvalue weighted by Crippen LogP contribution is 2.43. The van der Waals surface area contributed by atoms with Crippen LogP contribution in [0.1, 0.15) is 32.1 Å². The van der Waals surface area contributed by atoms with Crippen LogP contribution >= 0.6 is 0 Å². The average molecular weight is 416 g/mol. The van der Waals surface area contributed by atoms with Crippen LogP contribution < -0.4 is 10.0 Å². The second-order valence-electron chi connectivity index (χ2n) is 8.43. The quantitative estimate of drug-likeness (QED) is 0.561. The van der Waals surface area contributed by atoms with Crippen LogP contribution in [-0.4, -0.2) is 85.6 Å². The number of carbonyl (C=O) groups is 3. The predicted octanol–water partition coefficient (Wildman–Crippen LogP) is -1.26. The summed E-state index contributed by atoms with van der Waals surface area (Å²) in [5.41, 5.74) is -1.91. The van der Waals surface area contributed by atoms with Gasteiger partial charge in [-0.1, -0.05) is 0 Å². The van der Waals surface area contributed by atoms with Crippen molar-refractivity contribution in [3.63, 3.8) is 0 Å². The topological polar surface area (TPSA) is 116 Å². The maximum Gasteiger partial charge on any atom is 0.261 e. The number of alkyl halides is 1. The Morgan fingerprint density at radius 1 is 1.25 bits per heavy atom. The molecule has 0 bridgehead atoms. The number of carbonyl (C=O) groups excluding carboxylic acids is 3. The highest BCUT2D eigenvalue weighted by molar-refractivity contribution is 7.88. The molecule has 156 valence electrons. The third-order valence-electron chi connectivity index (χ3n) is 5.90. The number of amides is 3. The van der Waals surface area contributed by atoms with Gasteiger partial charge in [-0.2, -0.15) is 0 Å². The Hall–Kier alpha value is -1.75. The van der Waals surface area contributed by atoms with Crippen molar-refractivity contribution in [2.75, 3.05) is 25.9 Å². The molecule has 0 unspecified atom stereocenters. The van der Waals surface area contributed by atoms with Crippen molar-refractivity contribution in [1.29, 1.82) is 0 Å². The van der Waals surface area contributed by atoms with Gasteiger partial charge in [0.05, 0.1) is 12.3 Å². The molecule has 11 heteroatoms. The average Bonchev–Trinajstić information content (AvgIpc) is 3.51. The maximum atomic E-state index is 14.5. The van der Waals surface area contributed by atoms with Crippen LogP contribution in [0.25, 0.3) is 0 Å². The zero-order valence-electron chi connectivity index (χ0n) is 15.7. The molecular formula is C17H25FN4O5S. The summed E-state index contributed by atoms with van der Waals surface area (Å²) in [7, 11) is -3.43. The van der Waals surface area contributed by atoms with E-state index in [-0.39, 0.29) is 56.3 Å². The van der Waals surface area contributed by atoms with Gasteiger partial charge < -0.3 is 15.1 Å². The number of nitrogens with zero attached hydrogens (tertiary/aromatic N) is 2. The zero-order chi connectivity index (χ0) is 20.3. The molecular weight excluding hydrogens is 391 g/mol. The summed E-state index contributed by atoms with van der Waals surface area (Å²) in [6.07, 6.45) is 3.33. The zero-order valence-corrected chi connectivity index (χ0v) is 16.5. The Kier molecular flexibility index (Phi) is 4.65. The van der Waals surface area contributed by atoms with Gasteiger partial charge >= 0.3 is 0 Å². The summed E-state index contributed by atoms with van der Waals surface area (Å²) in [6, 6.07) is -1.77. The molecule has 3 amide bonds. The lowest BCUT2D eigenvalue weighted by molar-refractivity contribution is -0.157. The standard InChI is InChI=1S/C17H25FN4O5S/c1-28(26,27)20-11-6-12-9-22(16(25)17(18)4-5-17)13(15(24)21(12)8-11)7-19-14(23)10-2-3-10/h10-13,20H,2-9H2,1H3,(H,19,23)/t11-,12-,13-/m0/s1. The van der Waals surface area contributed by atoms with Crippen molar-refractivity contribution >= 4 is 27.7 Å². The van der Waals surface area contributed by atoms with Crippen molar-refractivity contribution in [3.8, 4) is 0 Å². The fraction of sp³-hybridized carbons (Fsp3) is 0.824. The van der Waals surface area contributed by atoms with Crippen LogP contribution in [0.3, 0.4) is 0 Å². The van der Waals surface area contributed by atoms with Gasteiger partial charge in [0.25, 0.3) is 5.91 Å². The first-order chi connectivity index (χ1) is 13.1. The number of nitrogens with one attached hydrogen (secondary N) is 2. The molecule has 0 spiro atoms. The summed E-state index contributed by atoms with van der Waals surface area (Å²) in [5, 5.41) is 2.72. The van der Waals surface area contributed by atoms with E-state index < -0.39 is 33.7 Å². The highest BCUT2D eigenvalue weighted by Gasteiger charge is 2.57. The van der Waals surface area contributed by atoms with Crippen molar-refractivity contribution in [2.24, 2.45) is 5.92 Å². The van der Waals surface area contributed by atoms with Gasteiger partial charge in [-0.05, 0) is 32.1 Å². The van der Waals surface area contributed by atoms with Gasteiger partial charge in [-0.3, -0.25) is 14.4 Å². The molecule has 2 N–H and O–H groups in total. The van der Waals surface area contributed by atoms with Gasteiger partial charge in [-0.15, -0.1) is 0 Å². The number of sulfonamides is 1. The van der Waals surface area contributed by atoms with Crippen molar-refractivity contribution in [3.05, 3.63) is 0 Å². The largest absolute Gasteiger partial charge is 0.353 e. The third kappa shape index (κ3) is 3.86. The Morgan fingerprint density at radius 2 is 1.93 bits per heavy atom. The summed E-state index contributed by atoms with van der Waals surface area (Å²) >= 11 is 0. The molecule has 4 fully saturated rings. The molecule has 4 rings (SSSR count). The molecule has 0 aromatic carbocycles. The molecule has 0 aromatic heterocycles. The van der Waals surface area contributed by atoms with Crippen LogP contribution in [0.4, 0.5) is 4.39 Å². The summed E-state index contributed by atoms with van der Waals surface area (Å²) in [4.78, 5) is 40.5. The smallest absolute Gasteiger partial charge is 0.261 e. The molecule has 2 aliphatic carbocycles. The SMILES string of the molecule is CS(=O)(=O)N[C@H]1C[C@H]2CN(C(=O)C3(F)CC3)[C@@H](CNC(=O)C3CC3)C(=O)N2C1. The molecule has 0 aromatic rings. The van der Waals surface area contributed by atoms with Gasteiger partial charge in [-0.25, -0.2) is 17.5 Å². The summed E-state index contributed by atoms with van der Waals surface area (Å²) in [5.74, 6) is -1.27. The van der Waals surface area contributed by atoms with Gasteiger partial charge in [0, 0.05) is 31.6 Å². The maximum absolute atomic E-state index is 14.5. The first-order valence-corrected chi connectivity index (χ1v) is 11.5. The van der Waals surface area contributed by atoms with E-state index in [1.54, 1.807) is 4.90 Å². The van der Waals surface area contributed by atoms with Crippen LogP contribution in [0.2, 0.25) is 0 Å². The Labute approximate surface area is 163 Å². The van der Waals surface area contributed by atoms with Crippen molar-refractivity contribution in [1.82, 2.24) is 19.8 Å². The predicted molar refractivity (Wildman–Crippen MR) is 96.2 cm³/mol. The Morgan fingerprint density at radius 3 is 2.50 bits per heavy atom. The minimum absolute atomic E-state index is 0.0401. The molecule has 2 aliphatic heterocycles. The lowest BCUT2D eigenvalue weighted by Gasteiger charge is -2.43. The monoisotopic (exact) mass is 416 g/mol. The van der Waals surface area contributed by atoms with E-state index in [2.05, 4.69) is 10.0 Å². The van der Waals surface area contributed by atoms with E-state index >= 15 is 0 Å². The van der Waals surface area contributed by atoms with E-state index in [4.69, 9.17) is 0 Å². The highest BCUT2D eigenvalue weighted by atomic mass is 32.2. The second kappa shape index (κ2) is 6.65. The van der Waals surface area contributed by atoms with Gasteiger partial charge in [0.2, 0.25) is 21.8 Å². The van der Waals surface area contributed by atoms with Gasteiger partial charge in [0.1, 0.15) is 6.04 Å². The van der Waals surface area contributed by atoms with Crippen molar-refractivity contribution < 1.29 is 27.2 Å². The third-order valence-corrected chi connectivity index (χ3v) is 6.66. The molecule has 2 saturated heterocycles. The lowest BCUT2D eigenvalue weighted by Crippen LogP contribution is -2.65. The van der Waals surface area contributed by atoms with E-state index in [1.165, 1.54) is 4.90 Å². The molecule has 28 heavy (non-hydrogen) atoms. The lowest BCUT2D eigenvalue weighted by atomic mass is 10.0. The number of fused-ring (bicyclic) bond motifs is 1. The number of piperazine rings is 1. The van der Waals surface area contributed by atoms with E-state index in [1.807, 2.05) is 0 Å². The van der Waals surface area contributed by atoms with Crippen LogP contribution in [0, 0.1) is 5.92 Å². The number of hydrogen-bond donors (Lipinski definition) is 2. The number of rotatable bonds is 6. The summed E-state index contributed by atoms with van der Waals surface area (Å²) < 4.78 is 40.0. The molecule has 9 nitrogen and oxygen atoms in total. The minimum Gasteiger partial charge on any atom is -0.353 e. The van der Waals surface area contributed by atoms with E-state index in [0.717, 1.165) is 19.1 Å². The normalized spacial score (nSPS) is 31.5. The van der Waals surface area contributed by atoms with Crippen LogP contribution in [0.5, 0.6) is 0 Å². The number of hydrogen-bond acceptors (Lipinski definition) is 5. The summed E-state index contributed by atoms with van der Waals surface area (Å²) in [6.45, 7) is 0.290. The number of halogens is 1. The molecule has 0 radical (unpaired) electrons. The van der Waals surface area contributed by atoms with Crippen LogP contribution in [-0.2, 0) is 24.4 Å². The molecule has 2 heterocycles. The van der Waals surface area contributed by atoms with Gasteiger partial charge in [0.15, 0.2) is 5.67 Å². The fourth-order valence-corrected chi connectivity index (χ4v) is 4.89.